The summed E-state index contributed by atoms with van der Waals surface area (Å²) < 4.78 is 11.1. The largest absolute Gasteiger partial charge is 0.494 e. The number of hydrogen-bond acceptors (Lipinski definition) is 4. The van der Waals surface area contributed by atoms with E-state index in [9.17, 15) is 0 Å². The summed E-state index contributed by atoms with van der Waals surface area (Å²) in [6.07, 6.45) is 0. The number of ether oxygens (including phenoxy) is 2. The van der Waals surface area contributed by atoms with Crippen molar-refractivity contribution < 1.29 is 9.47 Å². The lowest BCUT2D eigenvalue weighted by Gasteiger charge is -2.09. The van der Waals surface area contributed by atoms with Crippen LogP contribution in [0.5, 0.6) is 17.2 Å². The highest BCUT2D eigenvalue weighted by Crippen LogP contribution is 2.27. The molecule has 20 heavy (non-hydrogen) atoms. The fourth-order valence-electron chi connectivity index (χ4n) is 1.78. The maximum absolute atomic E-state index is 9.14. The molecule has 0 aliphatic heterocycles. The first-order valence-corrected chi connectivity index (χ1v) is 6.40. The summed E-state index contributed by atoms with van der Waals surface area (Å²) in [4.78, 5) is 0. The summed E-state index contributed by atoms with van der Waals surface area (Å²) in [5, 5.41) is 9.14. The Bertz CT molecular complexity index is 615. The molecular weight excluding hydrogens is 252 g/mol. The van der Waals surface area contributed by atoms with Gasteiger partial charge in [0.1, 0.15) is 23.3 Å². The Labute approximate surface area is 118 Å². The minimum Gasteiger partial charge on any atom is -0.494 e. The first kappa shape index (κ1) is 13.9. The molecule has 0 spiro atoms. The summed E-state index contributed by atoms with van der Waals surface area (Å²) in [6.45, 7) is 2.96. The van der Waals surface area contributed by atoms with Gasteiger partial charge in [-0.25, -0.2) is 0 Å². The molecule has 4 nitrogen and oxygen atoms in total. The van der Waals surface area contributed by atoms with Crippen molar-refractivity contribution in [3.8, 4) is 23.3 Å². The zero-order valence-electron chi connectivity index (χ0n) is 11.3. The van der Waals surface area contributed by atoms with Gasteiger partial charge in [0.05, 0.1) is 12.2 Å². The normalized spacial score (nSPS) is 9.85. The van der Waals surface area contributed by atoms with E-state index >= 15 is 0 Å². The molecule has 0 bridgehead atoms. The predicted octanol–water partition coefficient (Wildman–Crippen LogP) is 3.21. The fraction of sp³-hybridized carbons (Fsp3) is 0.188. The number of nitrogens with two attached hydrogens (primary N) is 1. The molecule has 102 valence electrons. The Kier molecular flexibility index (Phi) is 4.59. The smallest absolute Gasteiger partial charge is 0.145 e. The number of benzene rings is 2. The standard InChI is InChI=1S/C16H16N2O2/c1-2-19-14-4-6-15(7-5-14)20-16-8-3-12(10-17)9-13(16)11-18/h3-9H,2,10,17H2,1H3. The van der Waals surface area contributed by atoms with E-state index in [2.05, 4.69) is 6.07 Å². The molecule has 2 rings (SSSR count). The van der Waals surface area contributed by atoms with Gasteiger partial charge in [0.15, 0.2) is 0 Å². The van der Waals surface area contributed by atoms with Crippen molar-refractivity contribution in [3.05, 3.63) is 53.6 Å². The van der Waals surface area contributed by atoms with E-state index in [0.717, 1.165) is 11.3 Å². The first-order valence-electron chi connectivity index (χ1n) is 6.40. The minimum absolute atomic E-state index is 0.401. The van der Waals surface area contributed by atoms with Gasteiger partial charge in [0.2, 0.25) is 0 Å². The van der Waals surface area contributed by atoms with Gasteiger partial charge in [-0.05, 0) is 48.9 Å². The second-order valence-electron chi connectivity index (χ2n) is 4.15. The first-order chi connectivity index (χ1) is 9.76. The molecule has 2 aromatic carbocycles. The number of nitrogens with zero attached hydrogens (tertiary/aromatic N) is 1. The Morgan fingerprint density at radius 3 is 2.40 bits per heavy atom. The van der Waals surface area contributed by atoms with Crippen LogP contribution in [0, 0.1) is 11.3 Å². The van der Waals surface area contributed by atoms with Gasteiger partial charge in [-0.1, -0.05) is 6.07 Å². The van der Waals surface area contributed by atoms with Crippen LogP contribution in [0.4, 0.5) is 0 Å². The third-order valence-corrected chi connectivity index (χ3v) is 2.76. The molecule has 0 aliphatic rings. The zero-order valence-corrected chi connectivity index (χ0v) is 11.3. The van der Waals surface area contributed by atoms with Gasteiger partial charge in [0.25, 0.3) is 0 Å². The van der Waals surface area contributed by atoms with Crippen LogP contribution in [0.25, 0.3) is 0 Å². The van der Waals surface area contributed by atoms with E-state index in [1.807, 2.05) is 37.3 Å². The lowest BCUT2D eigenvalue weighted by Crippen LogP contribution is -1.97. The van der Waals surface area contributed by atoms with Crippen molar-refractivity contribution in [2.45, 2.75) is 13.5 Å². The van der Waals surface area contributed by atoms with Crippen LogP contribution in [0.3, 0.4) is 0 Å². The van der Waals surface area contributed by atoms with Crippen LogP contribution >= 0.6 is 0 Å². The van der Waals surface area contributed by atoms with Gasteiger partial charge < -0.3 is 15.2 Å². The van der Waals surface area contributed by atoms with Crippen LogP contribution in [-0.4, -0.2) is 6.61 Å². The van der Waals surface area contributed by atoms with Gasteiger partial charge in [0, 0.05) is 6.54 Å². The average Bonchev–Trinajstić information content (AvgIpc) is 2.50. The van der Waals surface area contributed by atoms with Crippen molar-refractivity contribution in [1.82, 2.24) is 0 Å². The molecule has 0 saturated heterocycles. The highest BCUT2D eigenvalue weighted by atomic mass is 16.5. The van der Waals surface area contributed by atoms with Crippen LogP contribution in [0.1, 0.15) is 18.1 Å². The number of hydrogen-bond donors (Lipinski definition) is 1. The van der Waals surface area contributed by atoms with Gasteiger partial charge >= 0.3 is 0 Å². The summed E-state index contributed by atoms with van der Waals surface area (Å²) in [7, 11) is 0. The Morgan fingerprint density at radius 1 is 1.10 bits per heavy atom. The van der Waals surface area contributed by atoms with E-state index < -0.39 is 0 Å². The molecule has 0 heterocycles. The fourth-order valence-corrected chi connectivity index (χ4v) is 1.78. The van der Waals surface area contributed by atoms with Crippen molar-refractivity contribution in [2.75, 3.05) is 6.61 Å². The summed E-state index contributed by atoms with van der Waals surface area (Å²) in [5.41, 5.74) is 6.93. The molecule has 0 amide bonds. The summed E-state index contributed by atoms with van der Waals surface area (Å²) in [5.74, 6) is 1.97. The zero-order chi connectivity index (χ0) is 14.4. The van der Waals surface area contributed by atoms with E-state index in [-0.39, 0.29) is 0 Å². The molecule has 0 saturated carbocycles. The Hall–Kier alpha value is -2.51. The second kappa shape index (κ2) is 6.60. The summed E-state index contributed by atoms with van der Waals surface area (Å²) in [6, 6.07) is 14.8. The topological polar surface area (TPSA) is 68.3 Å². The van der Waals surface area contributed by atoms with Crippen LogP contribution in [0.15, 0.2) is 42.5 Å². The van der Waals surface area contributed by atoms with Crippen molar-refractivity contribution >= 4 is 0 Å². The maximum Gasteiger partial charge on any atom is 0.145 e. The van der Waals surface area contributed by atoms with E-state index in [1.165, 1.54) is 0 Å². The van der Waals surface area contributed by atoms with Crippen LogP contribution in [-0.2, 0) is 6.54 Å². The molecule has 0 fully saturated rings. The molecule has 2 aromatic rings. The molecule has 0 atom stereocenters. The number of nitriles is 1. The van der Waals surface area contributed by atoms with Crippen LogP contribution in [0.2, 0.25) is 0 Å². The monoisotopic (exact) mass is 268 g/mol. The molecule has 0 aliphatic carbocycles. The van der Waals surface area contributed by atoms with Crippen molar-refractivity contribution in [3.63, 3.8) is 0 Å². The van der Waals surface area contributed by atoms with Crippen molar-refractivity contribution in [1.29, 1.82) is 5.26 Å². The highest BCUT2D eigenvalue weighted by molar-refractivity contribution is 5.47. The molecule has 2 N–H and O–H groups in total. The maximum atomic E-state index is 9.14. The minimum atomic E-state index is 0.401. The second-order valence-corrected chi connectivity index (χ2v) is 4.15. The molecule has 0 radical (unpaired) electrons. The lowest BCUT2D eigenvalue weighted by molar-refractivity contribution is 0.339. The molecule has 4 heteroatoms. The van der Waals surface area contributed by atoms with E-state index in [4.69, 9.17) is 20.5 Å². The van der Waals surface area contributed by atoms with Gasteiger partial charge in [-0.3, -0.25) is 0 Å². The highest BCUT2D eigenvalue weighted by Gasteiger charge is 2.06. The lowest BCUT2D eigenvalue weighted by atomic mass is 10.1. The van der Waals surface area contributed by atoms with Crippen LogP contribution < -0.4 is 15.2 Å². The van der Waals surface area contributed by atoms with Crippen molar-refractivity contribution in [2.24, 2.45) is 5.73 Å². The number of rotatable bonds is 5. The third-order valence-electron chi connectivity index (χ3n) is 2.76. The third kappa shape index (κ3) is 3.28. The van der Waals surface area contributed by atoms with Gasteiger partial charge in [-0.2, -0.15) is 5.26 Å². The SMILES string of the molecule is CCOc1ccc(Oc2ccc(CN)cc2C#N)cc1. The summed E-state index contributed by atoms with van der Waals surface area (Å²) >= 11 is 0. The Balaban J connectivity index is 2.19. The predicted molar refractivity (Wildman–Crippen MR) is 76.7 cm³/mol. The van der Waals surface area contributed by atoms with E-state index in [0.29, 0.717) is 30.2 Å². The van der Waals surface area contributed by atoms with E-state index in [1.54, 1.807) is 12.1 Å². The molecule has 0 aromatic heterocycles. The molecular formula is C16H16N2O2. The Morgan fingerprint density at radius 2 is 1.80 bits per heavy atom. The quantitative estimate of drug-likeness (QED) is 0.904. The van der Waals surface area contributed by atoms with Gasteiger partial charge in [-0.15, -0.1) is 0 Å². The molecule has 0 unspecified atom stereocenters. The average molecular weight is 268 g/mol.